The predicted molar refractivity (Wildman–Crippen MR) is 110 cm³/mol. The average molecular weight is 392 g/mol. The molecule has 0 heterocycles. The van der Waals surface area contributed by atoms with E-state index in [1.54, 1.807) is 36.3 Å². The Morgan fingerprint density at radius 2 is 1.68 bits per heavy atom. The van der Waals surface area contributed by atoms with Crippen molar-refractivity contribution >= 4 is 23.4 Å². The highest BCUT2D eigenvalue weighted by Gasteiger charge is 2.23. The zero-order chi connectivity index (χ0) is 20.9. The van der Waals surface area contributed by atoms with Crippen molar-refractivity contribution < 1.29 is 19.1 Å². The number of nitrogens with zero attached hydrogens (tertiary/aromatic N) is 1. The van der Waals surface area contributed by atoms with Crippen LogP contribution in [0.3, 0.4) is 0 Å². The first-order valence-corrected chi connectivity index (χ1v) is 9.94. The second-order valence-corrected chi connectivity index (χ2v) is 6.68. The van der Waals surface area contributed by atoms with Gasteiger partial charge >= 0.3 is 0 Å². The lowest BCUT2D eigenvalue weighted by molar-refractivity contribution is -0.139. The minimum Gasteiger partial charge on any atom is -0.497 e. The first-order valence-electron chi connectivity index (χ1n) is 9.94. The van der Waals surface area contributed by atoms with Gasteiger partial charge in [-0.25, -0.2) is 0 Å². The first kappa shape index (κ1) is 23.5. The summed E-state index contributed by atoms with van der Waals surface area (Å²) in [5, 5.41) is 5.30. The van der Waals surface area contributed by atoms with Crippen LogP contribution < -0.4 is 15.4 Å². The number of unbranched alkanes of at least 4 members (excludes halogenated alkanes) is 1. The van der Waals surface area contributed by atoms with Gasteiger partial charge in [-0.2, -0.15) is 0 Å². The van der Waals surface area contributed by atoms with Crippen LogP contribution in [0.5, 0.6) is 5.75 Å². The minimum atomic E-state index is -0.333. The maximum atomic E-state index is 12.6. The molecule has 0 saturated heterocycles. The normalized spacial score (nSPS) is 10.5. The Balaban J connectivity index is 2.53. The molecule has 1 aromatic carbocycles. The molecule has 0 spiro atoms. The minimum absolute atomic E-state index is 0.0104. The third-order valence-corrected chi connectivity index (χ3v) is 4.58. The summed E-state index contributed by atoms with van der Waals surface area (Å²) in [4.78, 5) is 38.5. The molecule has 0 bridgehead atoms. The lowest BCUT2D eigenvalue weighted by Crippen LogP contribution is -2.45. The third-order valence-electron chi connectivity index (χ3n) is 4.58. The lowest BCUT2D eigenvalue weighted by atomic mass is 10.0. The largest absolute Gasteiger partial charge is 0.497 e. The molecule has 3 amide bonds. The van der Waals surface area contributed by atoms with Gasteiger partial charge in [0.15, 0.2) is 0 Å². The molecule has 7 heteroatoms. The van der Waals surface area contributed by atoms with Crippen LogP contribution in [-0.4, -0.2) is 49.4 Å². The highest BCUT2D eigenvalue weighted by atomic mass is 16.5. The van der Waals surface area contributed by atoms with E-state index in [4.69, 9.17) is 4.74 Å². The molecular formula is C21H33N3O4. The van der Waals surface area contributed by atoms with Gasteiger partial charge in [-0.3, -0.25) is 14.4 Å². The number of ether oxygens (including phenoxy) is 1. The first-order chi connectivity index (χ1) is 13.4. The molecule has 0 aromatic heterocycles. The number of methoxy groups -OCH3 is 1. The maximum absolute atomic E-state index is 12.6. The molecule has 0 saturated carbocycles. The predicted octanol–water partition coefficient (Wildman–Crippen LogP) is 2.81. The number of nitrogens with one attached hydrogen (secondary N) is 2. The Morgan fingerprint density at radius 3 is 2.21 bits per heavy atom. The van der Waals surface area contributed by atoms with E-state index in [2.05, 4.69) is 10.6 Å². The Labute approximate surface area is 167 Å². The molecule has 0 radical (unpaired) electrons. The standard InChI is InChI=1S/C21H33N3O4/c1-5-8-13-24(21(27)16(6-2)7-3)15-20(26)22-14-19(25)23-17-9-11-18(28-4)12-10-17/h9-12,16H,5-8,13-15H2,1-4H3,(H,22,26)(H,23,25). The summed E-state index contributed by atoms with van der Waals surface area (Å²) in [7, 11) is 1.57. The van der Waals surface area contributed by atoms with Gasteiger partial charge in [-0.05, 0) is 43.5 Å². The van der Waals surface area contributed by atoms with Gasteiger partial charge in [-0.1, -0.05) is 27.2 Å². The maximum Gasteiger partial charge on any atom is 0.243 e. The van der Waals surface area contributed by atoms with E-state index in [-0.39, 0.29) is 36.7 Å². The zero-order valence-corrected chi connectivity index (χ0v) is 17.4. The smallest absolute Gasteiger partial charge is 0.243 e. The van der Waals surface area contributed by atoms with Crippen molar-refractivity contribution in [2.24, 2.45) is 5.92 Å². The molecule has 1 aromatic rings. The highest BCUT2D eigenvalue weighted by Crippen LogP contribution is 2.15. The Hall–Kier alpha value is -2.57. The average Bonchev–Trinajstić information content (AvgIpc) is 2.70. The molecule has 0 unspecified atom stereocenters. The van der Waals surface area contributed by atoms with Gasteiger partial charge < -0.3 is 20.3 Å². The van der Waals surface area contributed by atoms with Gasteiger partial charge in [-0.15, -0.1) is 0 Å². The van der Waals surface area contributed by atoms with Gasteiger partial charge in [0.2, 0.25) is 17.7 Å². The van der Waals surface area contributed by atoms with E-state index in [9.17, 15) is 14.4 Å². The fourth-order valence-electron chi connectivity index (χ4n) is 2.80. The summed E-state index contributed by atoms with van der Waals surface area (Å²) in [5.41, 5.74) is 0.619. The Bertz CT molecular complexity index is 627. The van der Waals surface area contributed by atoms with Crippen LogP contribution >= 0.6 is 0 Å². The summed E-state index contributed by atoms with van der Waals surface area (Å²) in [6, 6.07) is 6.92. The van der Waals surface area contributed by atoms with E-state index in [1.807, 2.05) is 20.8 Å². The van der Waals surface area contributed by atoms with E-state index in [0.717, 1.165) is 25.7 Å². The van der Waals surface area contributed by atoms with Crippen molar-refractivity contribution in [1.29, 1.82) is 0 Å². The number of carbonyl (C=O) groups is 3. The van der Waals surface area contributed by atoms with Crippen LogP contribution in [0.2, 0.25) is 0 Å². The number of benzene rings is 1. The third kappa shape index (κ3) is 7.98. The van der Waals surface area contributed by atoms with Crippen LogP contribution in [0.1, 0.15) is 46.5 Å². The molecule has 0 atom stereocenters. The summed E-state index contributed by atoms with van der Waals surface area (Å²) < 4.78 is 5.07. The number of anilines is 1. The molecule has 0 aliphatic carbocycles. The van der Waals surface area contributed by atoms with Crippen LogP contribution in [0, 0.1) is 5.92 Å². The fraction of sp³-hybridized carbons (Fsp3) is 0.571. The number of amides is 3. The molecule has 7 nitrogen and oxygen atoms in total. The van der Waals surface area contributed by atoms with Crippen LogP contribution in [0.15, 0.2) is 24.3 Å². The molecule has 2 N–H and O–H groups in total. The fourth-order valence-corrected chi connectivity index (χ4v) is 2.80. The molecule has 28 heavy (non-hydrogen) atoms. The van der Waals surface area contributed by atoms with E-state index < -0.39 is 0 Å². The SMILES string of the molecule is CCCCN(CC(=O)NCC(=O)Nc1ccc(OC)cc1)C(=O)C(CC)CC. The van der Waals surface area contributed by atoms with Gasteiger partial charge in [0, 0.05) is 18.2 Å². The number of carbonyl (C=O) groups excluding carboxylic acids is 3. The van der Waals surface area contributed by atoms with Crippen LogP contribution in [-0.2, 0) is 14.4 Å². The number of rotatable bonds is 12. The summed E-state index contributed by atoms with van der Waals surface area (Å²) in [6.45, 7) is 6.39. The van der Waals surface area contributed by atoms with Gasteiger partial charge in [0.25, 0.3) is 0 Å². The molecule has 156 valence electrons. The number of hydrogen-bond acceptors (Lipinski definition) is 4. The molecule has 1 rings (SSSR count). The second-order valence-electron chi connectivity index (χ2n) is 6.68. The number of hydrogen-bond donors (Lipinski definition) is 2. The lowest BCUT2D eigenvalue weighted by Gasteiger charge is -2.26. The quantitative estimate of drug-likeness (QED) is 0.573. The highest BCUT2D eigenvalue weighted by molar-refractivity contribution is 5.95. The van der Waals surface area contributed by atoms with E-state index in [0.29, 0.717) is 18.0 Å². The van der Waals surface area contributed by atoms with E-state index in [1.165, 1.54) is 0 Å². The molecule has 0 fully saturated rings. The van der Waals surface area contributed by atoms with Crippen molar-refractivity contribution in [3.05, 3.63) is 24.3 Å². The summed E-state index contributed by atoms with van der Waals surface area (Å²) in [5.74, 6) is -0.0230. The van der Waals surface area contributed by atoms with Gasteiger partial charge in [0.05, 0.1) is 20.2 Å². The van der Waals surface area contributed by atoms with Crippen molar-refractivity contribution in [1.82, 2.24) is 10.2 Å². The van der Waals surface area contributed by atoms with Crippen molar-refractivity contribution in [2.75, 3.05) is 32.1 Å². The summed E-state index contributed by atoms with van der Waals surface area (Å²) in [6.07, 6.45) is 3.30. The second kappa shape index (κ2) is 12.8. The van der Waals surface area contributed by atoms with Crippen molar-refractivity contribution in [2.45, 2.75) is 46.5 Å². The van der Waals surface area contributed by atoms with Crippen molar-refractivity contribution in [3.8, 4) is 5.75 Å². The van der Waals surface area contributed by atoms with E-state index >= 15 is 0 Å². The Kier molecular flexibility index (Phi) is 10.7. The molecule has 0 aliphatic heterocycles. The zero-order valence-electron chi connectivity index (χ0n) is 17.4. The van der Waals surface area contributed by atoms with Crippen LogP contribution in [0.25, 0.3) is 0 Å². The topological polar surface area (TPSA) is 87.7 Å². The van der Waals surface area contributed by atoms with Crippen molar-refractivity contribution in [3.63, 3.8) is 0 Å². The molecular weight excluding hydrogens is 358 g/mol. The molecule has 0 aliphatic rings. The van der Waals surface area contributed by atoms with Crippen LogP contribution in [0.4, 0.5) is 5.69 Å². The monoisotopic (exact) mass is 391 g/mol. The Morgan fingerprint density at radius 1 is 1.04 bits per heavy atom. The van der Waals surface area contributed by atoms with Gasteiger partial charge in [0.1, 0.15) is 5.75 Å². The summed E-state index contributed by atoms with van der Waals surface area (Å²) >= 11 is 0.